The first-order valence-corrected chi connectivity index (χ1v) is 9.95. The number of amides is 2. The second-order valence-corrected chi connectivity index (χ2v) is 8.44. The molecular formula is C22H29N5O. The van der Waals surface area contributed by atoms with Crippen molar-refractivity contribution in [2.45, 2.75) is 26.8 Å². The van der Waals surface area contributed by atoms with Gasteiger partial charge in [-0.25, -0.2) is 4.79 Å². The summed E-state index contributed by atoms with van der Waals surface area (Å²) in [5.41, 5.74) is 4.87. The number of carbonyl (C=O) groups excluding carboxylic acids is 1. The molecule has 2 amide bonds. The van der Waals surface area contributed by atoms with Crippen molar-refractivity contribution in [1.82, 2.24) is 20.0 Å². The second kappa shape index (κ2) is 7.08. The zero-order chi connectivity index (χ0) is 20.0. The van der Waals surface area contributed by atoms with Gasteiger partial charge in [-0.15, -0.1) is 5.10 Å². The molecule has 28 heavy (non-hydrogen) atoms. The molecule has 0 N–H and O–H groups in total. The first kappa shape index (κ1) is 18.7. The molecule has 2 saturated heterocycles. The molecule has 0 aliphatic carbocycles. The molecule has 0 bridgehead atoms. The molecule has 2 aliphatic rings. The Hall–Kier alpha value is -2.63. The molecule has 1 aromatic heterocycles. The van der Waals surface area contributed by atoms with Gasteiger partial charge < -0.3 is 14.7 Å². The summed E-state index contributed by atoms with van der Waals surface area (Å²) in [6, 6.07) is 8.67. The monoisotopic (exact) mass is 379 g/mol. The van der Waals surface area contributed by atoms with Gasteiger partial charge in [-0.1, -0.05) is 24.3 Å². The minimum Gasteiger partial charge on any atom is -0.354 e. The molecule has 2 aliphatic heterocycles. The maximum absolute atomic E-state index is 12.9. The van der Waals surface area contributed by atoms with Crippen LogP contribution in [0.3, 0.4) is 0 Å². The lowest BCUT2D eigenvalue weighted by molar-refractivity contribution is 0.159. The standard InChI is InChI=1S/C22H29N5O/c1-14-8-6-7-9-18(14)20-19-13-26(21-16(3)15(2)10-23-24-21)11-17(19)12-27(20)22(28)25(4)5/h6-10,17,19-20H,11-13H2,1-5H3/t17-,19-,20+/m1/s1. The Kier molecular flexibility index (Phi) is 4.73. The molecule has 0 spiro atoms. The van der Waals surface area contributed by atoms with Gasteiger partial charge in [0.15, 0.2) is 5.82 Å². The summed E-state index contributed by atoms with van der Waals surface area (Å²) in [5, 5.41) is 8.61. The number of likely N-dealkylation sites (tertiary alicyclic amines) is 1. The zero-order valence-corrected chi connectivity index (χ0v) is 17.4. The molecule has 2 fully saturated rings. The summed E-state index contributed by atoms with van der Waals surface area (Å²) >= 11 is 0. The Morgan fingerprint density at radius 2 is 1.82 bits per heavy atom. The van der Waals surface area contributed by atoms with Crippen molar-refractivity contribution >= 4 is 11.8 Å². The van der Waals surface area contributed by atoms with Gasteiger partial charge in [-0.2, -0.15) is 5.10 Å². The van der Waals surface area contributed by atoms with Gasteiger partial charge in [-0.05, 0) is 43.0 Å². The molecule has 6 heteroatoms. The third-order valence-corrected chi connectivity index (χ3v) is 6.43. The van der Waals surface area contributed by atoms with E-state index in [1.807, 2.05) is 20.3 Å². The summed E-state index contributed by atoms with van der Waals surface area (Å²) in [5.74, 6) is 1.82. The molecule has 0 radical (unpaired) electrons. The van der Waals surface area contributed by atoms with Crippen molar-refractivity contribution in [3.8, 4) is 0 Å². The Morgan fingerprint density at radius 1 is 1.07 bits per heavy atom. The molecule has 4 rings (SSSR count). The van der Waals surface area contributed by atoms with Crippen molar-refractivity contribution in [2.24, 2.45) is 11.8 Å². The number of hydrogen-bond acceptors (Lipinski definition) is 4. The van der Waals surface area contributed by atoms with E-state index in [9.17, 15) is 4.79 Å². The summed E-state index contributed by atoms with van der Waals surface area (Å²) in [7, 11) is 3.67. The van der Waals surface area contributed by atoms with Gasteiger partial charge >= 0.3 is 6.03 Å². The van der Waals surface area contributed by atoms with Crippen LogP contribution in [0.2, 0.25) is 0 Å². The van der Waals surface area contributed by atoms with E-state index >= 15 is 0 Å². The summed E-state index contributed by atoms with van der Waals surface area (Å²) < 4.78 is 0. The Bertz CT molecular complexity index is 896. The van der Waals surface area contributed by atoms with Crippen LogP contribution in [-0.2, 0) is 0 Å². The Balaban J connectivity index is 1.69. The van der Waals surface area contributed by atoms with Crippen molar-refractivity contribution in [2.75, 3.05) is 38.6 Å². The van der Waals surface area contributed by atoms with Crippen molar-refractivity contribution in [1.29, 1.82) is 0 Å². The van der Waals surface area contributed by atoms with Crippen molar-refractivity contribution in [3.63, 3.8) is 0 Å². The molecule has 3 atom stereocenters. The smallest absolute Gasteiger partial charge is 0.320 e. The van der Waals surface area contributed by atoms with Gasteiger partial charge in [0.1, 0.15) is 0 Å². The van der Waals surface area contributed by atoms with E-state index in [4.69, 9.17) is 0 Å². The van der Waals surface area contributed by atoms with Crippen LogP contribution in [0, 0.1) is 32.6 Å². The quantitative estimate of drug-likeness (QED) is 0.804. The van der Waals surface area contributed by atoms with E-state index in [1.165, 1.54) is 22.3 Å². The number of carbonyl (C=O) groups is 1. The van der Waals surface area contributed by atoms with Gasteiger partial charge in [-0.3, -0.25) is 0 Å². The number of hydrogen-bond donors (Lipinski definition) is 0. The highest BCUT2D eigenvalue weighted by atomic mass is 16.2. The highest BCUT2D eigenvalue weighted by molar-refractivity contribution is 5.75. The largest absolute Gasteiger partial charge is 0.354 e. The predicted octanol–water partition coefficient (Wildman–Crippen LogP) is 3.19. The number of nitrogens with zero attached hydrogens (tertiary/aromatic N) is 5. The highest BCUT2D eigenvalue weighted by Gasteiger charge is 2.50. The summed E-state index contributed by atoms with van der Waals surface area (Å²) in [6.45, 7) is 8.95. The van der Waals surface area contributed by atoms with E-state index in [2.05, 4.69) is 65.0 Å². The maximum atomic E-state index is 12.9. The minimum atomic E-state index is 0.0979. The van der Waals surface area contributed by atoms with Gasteiger partial charge in [0.2, 0.25) is 0 Å². The first-order chi connectivity index (χ1) is 13.4. The van der Waals surface area contributed by atoms with E-state index in [1.54, 1.807) is 4.90 Å². The van der Waals surface area contributed by atoms with E-state index in [0.29, 0.717) is 11.8 Å². The molecule has 0 saturated carbocycles. The molecular weight excluding hydrogens is 350 g/mol. The number of urea groups is 1. The summed E-state index contributed by atoms with van der Waals surface area (Å²) in [4.78, 5) is 19.1. The number of aryl methyl sites for hydroxylation is 2. The number of aromatic nitrogens is 2. The number of fused-ring (bicyclic) bond motifs is 1. The van der Waals surface area contributed by atoms with Crippen LogP contribution in [0.15, 0.2) is 30.5 Å². The fourth-order valence-electron chi connectivity index (χ4n) is 4.81. The molecule has 148 valence electrons. The third-order valence-electron chi connectivity index (χ3n) is 6.43. The van der Waals surface area contributed by atoms with Crippen LogP contribution in [-0.4, -0.2) is 59.8 Å². The van der Waals surface area contributed by atoms with Crippen LogP contribution in [0.25, 0.3) is 0 Å². The SMILES string of the molecule is Cc1ccccc1[C@H]1[C@@H]2CN(c3nncc(C)c3C)C[C@@H]2CN1C(=O)N(C)C. The van der Waals surface area contributed by atoms with Crippen LogP contribution < -0.4 is 4.90 Å². The van der Waals surface area contributed by atoms with Crippen LogP contribution in [0.4, 0.5) is 10.6 Å². The number of rotatable bonds is 2. The maximum Gasteiger partial charge on any atom is 0.320 e. The average Bonchev–Trinajstić information content (AvgIpc) is 3.21. The lowest BCUT2D eigenvalue weighted by Gasteiger charge is -2.33. The van der Waals surface area contributed by atoms with Gasteiger partial charge in [0.05, 0.1) is 12.2 Å². The Morgan fingerprint density at radius 3 is 2.54 bits per heavy atom. The van der Waals surface area contributed by atoms with Gasteiger partial charge in [0.25, 0.3) is 0 Å². The normalized spacial score (nSPS) is 23.8. The highest BCUT2D eigenvalue weighted by Crippen LogP contribution is 2.47. The molecule has 1 aromatic carbocycles. The van der Waals surface area contributed by atoms with Gasteiger partial charge in [0, 0.05) is 45.6 Å². The number of benzene rings is 1. The van der Waals surface area contributed by atoms with Crippen LogP contribution in [0.5, 0.6) is 0 Å². The van der Waals surface area contributed by atoms with E-state index in [-0.39, 0.29) is 12.1 Å². The van der Waals surface area contributed by atoms with E-state index in [0.717, 1.165) is 25.5 Å². The second-order valence-electron chi connectivity index (χ2n) is 8.44. The third kappa shape index (κ3) is 3.01. The van der Waals surface area contributed by atoms with Crippen molar-refractivity contribution < 1.29 is 4.79 Å². The summed E-state index contributed by atoms with van der Waals surface area (Å²) in [6.07, 6.45) is 1.82. The van der Waals surface area contributed by atoms with Crippen LogP contribution >= 0.6 is 0 Å². The fourth-order valence-corrected chi connectivity index (χ4v) is 4.81. The Labute approximate surface area is 167 Å². The zero-order valence-electron chi connectivity index (χ0n) is 17.4. The number of anilines is 1. The molecule has 6 nitrogen and oxygen atoms in total. The topological polar surface area (TPSA) is 52.6 Å². The fraction of sp³-hybridized carbons (Fsp3) is 0.500. The average molecular weight is 380 g/mol. The lowest BCUT2D eigenvalue weighted by Crippen LogP contribution is -2.41. The van der Waals surface area contributed by atoms with Crippen LogP contribution in [0.1, 0.15) is 28.3 Å². The first-order valence-electron chi connectivity index (χ1n) is 9.95. The van der Waals surface area contributed by atoms with Crippen molar-refractivity contribution in [3.05, 3.63) is 52.7 Å². The molecule has 3 heterocycles. The molecule has 2 aromatic rings. The lowest BCUT2D eigenvalue weighted by atomic mass is 9.88. The molecule has 0 unspecified atom stereocenters. The van der Waals surface area contributed by atoms with E-state index < -0.39 is 0 Å². The predicted molar refractivity (Wildman–Crippen MR) is 110 cm³/mol. The minimum absolute atomic E-state index is 0.0979.